The smallest absolute Gasteiger partial charge is 0.0703 e. The van der Waals surface area contributed by atoms with Crippen LogP contribution in [0.4, 0.5) is 5.69 Å². The number of nitrogens with one attached hydrogen (secondary N) is 1. The number of hydrogen-bond acceptors (Lipinski definition) is 2. The first-order chi connectivity index (χ1) is 9.33. The average molecular weight is 313 g/mol. The third kappa shape index (κ3) is 2.76. The molecule has 0 amide bonds. The first-order valence-electron chi connectivity index (χ1n) is 6.15. The molecule has 0 aliphatic rings. The van der Waals surface area contributed by atoms with Gasteiger partial charge in [0, 0.05) is 16.4 Å². The van der Waals surface area contributed by atoms with E-state index < -0.39 is 0 Å². The molecule has 2 nitrogen and oxygen atoms in total. The number of rotatable bonds is 3. The van der Waals surface area contributed by atoms with Crippen LogP contribution in [0, 0.1) is 0 Å². The van der Waals surface area contributed by atoms with Crippen LogP contribution < -0.4 is 5.32 Å². The highest BCUT2D eigenvalue weighted by Crippen LogP contribution is 2.19. The first-order valence-corrected chi connectivity index (χ1v) is 6.94. The number of nitrogens with zero attached hydrogens (tertiary/aromatic N) is 1. The molecular weight excluding hydrogens is 300 g/mol. The molecule has 0 saturated carbocycles. The lowest BCUT2D eigenvalue weighted by molar-refractivity contribution is 1.13. The van der Waals surface area contributed by atoms with Gasteiger partial charge in [0.15, 0.2) is 0 Å². The van der Waals surface area contributed by atoms with E-state index in [2.05, 4.69) is 50.5 Å². The highest BCUT2D eigenvalue weighted by atomic mass is 79.9. The summed E-state index contributed by atoms with van der Waals surface area (Å²) in [5, 5.41) is 4.55. The van der Waals surface area contributed by atoms with Gasteiger partial charge < -0.3 is 5.32 Å². The van der Waals surface area contributed by atoms with Gasteiger partial charge in [0.05, 0.1) is 17.4 Å². The maximum atomic E-state index is 4.44. The summed E-state index contributed by atoms with van der Waals surface area (Å²) in [5.41, 5.74) is 3.29. The molecule has 2 aromatic carbocycles. The molecule has 3 aromatic rings. The van der Waals surface area contributed by atoms with Crippen LogP contribution in [0.25, 0.3) is 10.9 Å². The third-order valence-corrected chi connectivity index (χ3v) is 3.80. The normalized spacial score (nSPS) is 10.6. The Hall–Kier alpha value is -1.87. The van der Waals surface area contributed by atoms with E-state index in [9.17, 15) is 0 Å². The fraction of sp³-hybridized carbons (Fsp3) is 0.0625. The van der Waals surface area contributed by atoms with Crippen molar-refractivity contribution in [3.8, 4) is 0 Å². The summed E-state index contributed by atoms with van der Waals surface area (Å²) in [6.45, 7) is 0.779. The van der Waals surface area contributed by atoms with Crippen molar-refractivity contribution < 1.29 is 0 Å². The van der Waals surface area contributed by atoms with Crippen molar-refractivity contribution in [3.63, 3.8) is 0 Å². The summed E-state index contributed by atoms with van der Waals surface area (Å²) in [4.78, 5) is 4.44. The van der Waals surface area contributed by atoms with E-state index in [1.165, 1.54) is 5.56 Å². The van der Waals surface area contributed by atoms with E-state index in [1.54, 1.807) is 0 Å². The van der Waals surface area contributed by atoms with Gasteiger partial charge in [0.2, 0.25) is 0 Å². The van der Waals surface area contributed by atoms with Gasteiger partial charge in [0.1, 0.15) is 0 Å². The minimum atomic E-state index is 0.779. The van der Waals surface area contributed by atoms with Gasteiger partial charge in [-0.2, -0.15) is 0 Å². The summed E-state index contributed by atoms with van der Waals surface area (Å²) in [6.07, 6.45) is 1.87. The maximum absolute atomic E-state index is 4.44. The summed E-state index contributed by atoms with van der Waals surface area (Å²) < 4.78 is 1.12. The van der Waals surface area contributed by atoms with Crippen LogP contribution in [0.5, 0.6) is 0 Å². The van der Waals surface area contributed by atoms with Crippen molar-refractivity contribution in [1.29, 1.82) is 0 Å². The lowest BCUT2D eigenvalue weighted by atomic mass is 10.2. The van der Waals surface area contributed by atoms with Crippen LogP contribution in [0.2, 0.25) is 0 Å². The molecule has 1 N–H and O–H groups in total. The number of aromatic nitrogens is 1. The molecule has 0 atom stereocenters. The van der Waals surface area contributed by atoms with Gasteiger partial charge in [-0.05, 0) is 23.8 Å². The minimum absolute atomic E-state index is 0.779. The van der Waals surface area contributed by atoms with Gasteiger partial charge in [0.25, 0.3) is 0 Å². The zero-order valence-corrected chi connectivity index (χ0v) is 11.9. The molecule has 19 heavy (non-hydrogen) atoms. The van der Waals surface area contributed by atoms with E-state index in [4.69, 9.17) is 0 Å². The standard InChI is InChI=1S/C16H13BrN2/c17-15-7-3-1-6-13(15)10-18-14-9-12-5-2-4-8-16(12)19-11-14/h1-9,11,18H,10H2. The molecular formula is C16H13BrN2. The minimum Gasteiger partial charge on any atom is -0.380 e. The SMILES string of the molecule is Brc1ccccc1CNc1cnc2ccccc2c1. The third-order valence-electron chi connectivity index (χ3n) is 3.03. The van der Waals surface area contributed by atoms with E-state index in [-0.39, 0.29) is 0 Å². The van der Waals surface area contributed by atoms with E-state index in [0.717, 1.165) is 27.6 Å². The highest BCUT2D eigenvalue weighted by molar-refractivity contribution is 9.10. The van der Waals surface area contributed by atoms with Gasteiger partial charge in [-0.25, -0.2) is 0 Å². The Morgan fingerprint density at radius 2 is 1.79 bits per heavy atom. The molecule has 1 aromatic heterocycles. The number of fused-ring (bicyclic) bond motifs is 1. The largest absolute Gasteiger partial charge is 0.380 e. The Morgan fingerprint density at radius 3 is 2.68 bits per heavy atom. The predicted octanol–water partition coefficient (Wildman–Crippen LogP) is 4.61. The molecule has 0 fully saturated rings. The Kier molecular flexibility index (Phi) is 3.47. The number of anilines is 1. The van der Waals surface area contributed by atoms with Crippen LogP contribution in [0.1, 0.15) is 5.56 Å². The fourth-order valence-corrected chi connectivity index (χ4v) is 2.43. The Bertz CT molecular complexity index is 710. The monoisotopic (exact) mass is 312 g/mol. The summed E-state index contributed by atoms with van der Waals surface area (Å²) in [6, 6.07) is 18.5. The Labute approximate surface area is 120 Å². The van der Waals surface area contributed by atoms with Gasteiger partial charge in [-0.1, -0.05) is 52.3 Å². The second-order valence-electron chi connectivity index (χ2n) is 4.36. The van der Waals surface area contributed by atoms with Gasteiger partial charge in [-0.3, -0.25) is 4.98 Å². The van der Waals surface area contributed by atoms with Crippen LogP contribution in [0.15, 0.2) is 65.3 Å². The number of para-hydroxylation sites is 1. The lowest BCUT2D eigenvalue weighted by Crippen LogP contribution is -2.00. The second-order valence-corrected chi connectivity index (χ2v) is 5.22. The predicted molar refractivity (Wildman–Crippen MR) is 83.2 cm³/mol. The van der Waals surface area contributed by atoms with Crippen LogP contribution in [-0.4, -0.2) is 4.98 Å². The van der Waals surface area contributed by atoms with Gasteiger partial charge >= 0.3 is 0 Å². The second kappa shape index (κ2) is 5.41. The van der Waals surface area contributed by atoms with Crippen molar-refractivity contribution >= 4 is 32.5 Å². The van der Waals surface area contributed by atoms with Crippen molar-refractivity contribution in [2.45, 2.75) is 6.54 Å². The Balaban J connectivity index is 1.80. The molecule has 0 radical (unpaired) electrons. The quantitative estimate of drug-likeness (QED) is 0.764. The zero-order valence-electron chi connectivity index (χ0n) is 10.3. The maximum Gasteiger partial charge on any atom is 0.0703 e. The molecule has 0 aliphatic carbocycles. The molecule has 0 bridgehead atoms. The molecule has 0 saturated heterocycles. The van der Waals surface area contributed by atoms with Crippen molar-refractivity contribution in [2.24, 2.45) is 0 Å². The Morgan fingerprint density at radius 1 is 1.00 bits per heavy atom. The summed E-state index contributed by atoms with van der Waals surface area (Å²) in [5.74, 6) is 0. The number of benzene rings is 2. The van der Waals surface area contributed by atoms with E-state index >= 15 is 0 Å². The van der Waals surface area contributed by atoms with Crippen molar-refractivity contribution in [1.82, 2.24) is 4.98 Å². The molecule has 0 spiro atoms. The van der Waals surface area contributed by atoms with Gasteiger partial charge in [-0.15, -0.1) is 0 Å². The average Bonchev–Trinajstić information content (AvgIpc) is 2.46. The van der Waals surface area contributed by atoms with E-state index in [1.807, 2.05) is 36.5 Å². The zero-order chi connectivity index (χ0) is 13.1. The summed E-state index contributed by atoms with van der Waals surface area (Å²) >= 11 is 3.55. The van der Waals surface area contributed by atoms with Crippen LogP contribution >= 0.6 is 15.9 Å². The highest BCUT2D eigenvalue weighted by Gasteiger charge is 2.00. The topological polar surface area (TPSA) is 24.9 Å². The number of halogens is 1. The molecule has 94 valence electrons. The summed E-state index contributed by atoms with van der Waals surface area (Å²) in [7, 11) is 0. The number of pyridine rings is 1. The molecule has 3 heteroatoms. The molecule has 0 unspecified atom stereocenters. The van der Waals surface area contributed by atoms with Crippen molar-refractivity contribution in [3.05, 3.63) is 70.8 Å². The number of hydrogen-bond donors (Lipinski definition) is 1. The van der Waals surface area contributed by atoms with Crippen LogP contribution in [0.3, 0.4) is 0 Å². The molecule has 1 heterocycles. The lowest BCUT2D eigenvalue weighted by Gasteiger charge is -2.08. The molecule has 3 rings (SSSR count). The first kappa shape index (κ1) is 12.2. The van der Waals surface area contributed by atoms with Crippen molar-refractivity contribution in [2.75, 3.05) is 5.32 Å². The van der Waals surface area contributed by atoms with E-state index in [0.29, 0.717) is 0 Å². The molecule has 0 aliphatic heterocycles. The fourth-order valence-electron chi connectivity index (χ4n) is 2.01. The van der Waals surface area contributed by atoms with Crippen LogP contribution in [-0.2, 0) is 6.54 Å².